The number of esters is 1. The Bertz CT molecular complexity index is 1820. The van der Waals surface area contributed by atoms with Crippen molar-refractivity contribution >= 4 is 21.7 Å². The van der Waals surface area contributed by atoms with E-state index in [-0.39, 0.29) is 30.2 Å². The topological polar surface area (TPSA) is 123 Å². The third-order valence-electron chi connectivity index (χ3n) is 8.13. The highest BCUT2D eigenvalue weighted by atomic mass is 32.2. The van der Waals surface area contributed by atoms with E-state index in [1.165, 1.54) is 0 Å². The number of ether oxygens (including phenoxy) is 3. The minimum absolute atomic E-state index is 0.155. The summed E-state index contributed by atoms with van der Waals surface area (Å²) in [5.74, 6) is 1.01. The molecule has 2 atom stereocenters. The summed E-state index contributed by atoms with van der Waals surface area (Å²) in [4.78, 5) is 12.5. The summed E-state index contributed by atoms with van der Waals surface area (Å²) in [6.45, 7) is 13.3. The van der Waals surface area contributed by atoms with Crippen molar-refractivity contribution in [1.29, 1.82) is 0 Å². The van der Waals surface area contributed by atoms with Gasteiger partial charge in [0.1, 0.15) is 24.7 Å². The van der Waals surface area contributed by atoms with E-state index in [1.807, 2.05) is 63.2 Å². The third-order valence-corrected chi connectivity index (χ3v) is 8.72. The summed E-state index contributed by atoms with van der Waals surface area (Å²) in [5.41, 5.74) is 7.32. The predicted molar refractivity (Wildman–Crippen MR) is 195 cm³/mol. The molecule has 0 aliphatic heterocycles. The molecule has 10 heteroatoms. The Balaban J connectivity index is 1.38. The minimum atomic E-state index is -3.59. The third kappa shape index (κ3) is 10.3. The van der Waals surface area contributed by atoms with Crippen molar-refractivity contribution in [2.75, 3.05) is 30.7 Å². The number of hydrogen-bond donors (Lipinski definition) is 3. The number of aryl methyl sites for hydroxylation is 2. The second kappa shape index (κ2) is 16.8. The molecule has 0 saturated heterocycles. The molecule has 9 nitrogen and oxygen atoms in total. The molecule has 0 radical (unpaired) electrons. The summed E-state index contributed by atoms with van der Waals surface area (Å²) in [6, 6.07) is 24.2. The zero-order valence-electron chi connectivity index (χ0n) is 29.4. The fourth-order valence-electron chi connectivity index (χ4n) is 5.67. The van der Waals surface area contributed by atoms with Crippen molar-refractivity contribution in [2.45, 2.75) is 66.2 Å². The van der Waals surface area contributed by atoms with E-state index in [0.717, 1.165) is 45.4 Å². The maximum Gasteiger partial charge on any atom is 0.338 e. The van der Waals surface area contributed by atoms with Crippen LogP contribution in [0.1, 0.15) is 77.9 Å². The molecule has 4 aromatic carbocycles. The second-order valence-corrected chi connectivity index (χ2v) is 14.3. The first-order valence-corrected chi connectivity index (χ1v) is 18.4. The fraction of sp³-hybridized carbons (Fsp3) is 0.359. The van der Waals surface area contributed by atoms with Crippen molar-refractivity contribution in [3.8, 4) is 22.6 Å². The Morgan fingerprint density at radius 3 is 2.20 bits per heavy atom. The molecule has 0 aliphatic carbocycles. The van der Waals surface area contributed by atoms with E-state index >= 15 is 0 Å². The number of aliphatic hydroxyl groups excluding tert-OH is 1. The van der Waals surface area contributed by atoms with Gasteiger partial charge in [0.15, 0.2) is 0 Å². The van der Waals surface area contributed by atoms with Crippen molar-refractivity contribution < 1.29 is 32.5 Å². The first-order valence-electron chi connectivity index (χ1n) is 16.5. The van der Waals surface area contributed by atoms with E-state index in [0.29, 0.717) is 36.6 Å². The van der Waals surface area contributed by atoms with Crippen LogP contribution >= 0.6 is 0 Å². The van der Waals surface area contributed by atoms with Crippen LogP contribution in [0.5, 0.6) is 11.5 Å². The van der Waals surface area contributed by atoms with E-state index in [2.05, 4.69) is 42.1 Å². The van der Waals surface area contributed by atoms with E-state index in [9.17, 15) is 18.3 Å². The first-order chi connectivity index (χ1) is 23.3. The van der Waals surface area contributed by atoms with Gasteiger partial charge in [-0.2, -0.15) is 0 Å². The first kappa shape index (κ1) is 37.4. The van der Waals surface area contributed by atoms with Gasteiger partial charge < -0.3 is 24.6 Å². The number of anilines is 1. The molecule has 0 fully saturated rings. The number of benzene rings is 4. The second-order valence-electron chi connectivity index (χ2n) is 12.6. The average Bonchev–Trinajstić information content (AvgIpc) is 3.06. The molecule has 0 bridgehead atoms. The number of carbonyl (C=O) groups excluding carboxylic acids is 1. The molecule has 4 rings (SSSR count). The van der Waals surface area contributed by atoms with Crippen molar-refractivity contribution in [3.63, 3.8) is 0 Å². The monoisotopic (exact) mass is 688 g/mol. The van der Waals surface area contributed by atoms with Gasteiger partial charge in [0.2, 0.25) is 10.0 Å². The SMILES string of the molecule is CCOC(=O)c1ccc(-c2cc(C)c(OCCN[C@@H](C)[C@@H](O)c3ccc(OCc4ccccc4)c(NS(C)(=O)=O)c3)c(C)c2)cc1C(C)C. The van der Waals surface area contributed by atoms with Gasteiger partial charge in [0.25, 0.3) is 0 Å². The Morgan fingerprint density at radius 1 is 0.878 bits per heavy atom. The Hall–Kier alpha value is -4.38. The number of hydrogen-bond acceptors (Lipinski definition) is 8. The Morgan fingerprint density at radius 2 is 1.57 bits per heavy atom. The molecule has 0 amide bonds. The number of aliphatic hydroxyl groups is 1. The minimum Gasteiger partial charge on any atom is -0.492 e. The zero-order valence-corrected chi connectivity index (χ0v) is 30.2. The smallest absolute Gasteiger partial charge is 0.338 e. The Labute approximate surface area is 290 Å². The van der Waals surface area contributed by atoms with Crippen LogP contribution in [0.15, 0.2) is 78.9 Å². The van der Waals surface area contributed by atoms with Gasteiger partial charge in [-0.05, 0) is 103 Å². The highest BCUT2D eigenvalue weighted by molar-refractivity contribution is 7.92. The lowest BCUT2D eigenvalue weighted by Gasteiger charge is -2.23. The quantitative estimate of drug-likeness (QED) is 0.0828. The molecule has 262 valence electrons. The molecule has 3 N–H and O–H groups in total. The van der Waals surface area contributed by atoms with Crippen LogP contribution in [0.2, 0.25) is 0 Å². The van der Waals surface area contributed by atoms with E-state index in [1.54, 1.807) is 25.1 Å². The van der Waals surface area contributed by atoms with Gasteiger partial charge in [-0.15, -0.1) is 0 Å². The number of rotatable bonds is 16. The summed E-state index contributed by atoms with van der Waals surface area (Å²) in [5, 5.41) is 14.4. The number of carbonyl (C=O) groups is 1. The largest absolute Gasteiger partial charge is 0.492 e. The predicted octanol–water partition coefficient (Wildman–Crippen LogP) is 7.31. The van der Waals surface area contributed by atoms with Gasteiger partial charge in [0, 0.05) is 12.6 Å². The fourth-order valence-corrected chi connectivity index (χ4v) is 6.23. The van der Waals surface area contributed by atoms with Crippen molar-refractivity contribution in [2.24, 2.45) is 0 Å². The maximum absolute atomic E-state index is 12.5. The van der Waals surface area contributed by atoms with Crippen molar-refractivity contribution in [1.82, 2.24) is 5.32 Å². The van der Waals surface area contributed by atoms with Crippen LogP contribution in [-0.4, -0.2) is 51.5 Å². The van der Waals surface area contributed by atoms with Crippen LogP contribution in [0, 0.1) is 13.8 Å². The standard InChI is InChI=1S/C39H48N2O7S/c1-8-46-39(43)33-16-14-30(22-34(33)25(2)3)32-20-26(4)38(27(5)21-32)47-19-18-40-28(6)37(42)31-15-17-36(35(23-31)41-49(7,44)45)48-24-29-12-10-9-11-13-29/h9-17,20-23,25,28,37,40-42H,8,18-19,24H2,1-7H3/t28-,37+/m0/s1. The lowest BCUT2D eigenvalue weighted by Crippen LogP contribution is -2.35. The van der Waals surface area contributed by atoms with Gasteiger partial charge in [-0.25, -0.2) is 13.2 Å². The number of sulfonamides is 1. The molecular formula is C39H48N2O7S. The lowest BCUT2D eigenvalue weighted by molar-refractivity contribution is 0.0524. The van der Waals surface area contributed by atoms with Gasteiger partial charge >= 0.3 is 5.97 Å². The molecule has 0 aliphatic rings. The normalized spacial score (nSPS) is 12.8. The molecular weight excluding hydrogens is 641 g/mol. The lowest BCUT2D eigenvalue weighted by atomic mass is 9.91. The van der Waals surface area contributed by atoms with Crippen LogP contribution in [-0.2, 0) is 21.4 Å². The zero-order chi connectivity index (χ0) is 35.7. The summed E-state index contributed by atoms with van der Waals surface area (Å²) in [7, 11) is -3.59. The molecule has 0 saturated carbocycles. The van der Waals surface area contributed by atoms with Crippen LogP contribution in [0.25, 0.3) is 11.1 Å². The van der Waals surface area contributed by atoms with Crippen LogP contribution in [0.4, 0.5) is 5.69 Å². The highest BCUT2D eigenvalue weighted by Gasteiger charge is 2.20. The van der Waals surface area contributed by atoms with E-state index in [4.69, 9.17) is 14.2 Å². The molecule has 4 aromatic rings. The number of nitrogens with one attached hydrogen (secondary N) is 2. The Kier molecular flexibility index (Phi) is 12.9. The molecule has 0 unspecified atom stereocenters. The maximum atomic E-state index is 12.5. The summed E-state index contributed by atoms with van der Waals surface area (Å²) >= 11 is 0. The van der Waals surface area contributed by atoms with Gasteiger partial charge in [0.05, 0.1) is 30.2 Å². The van der Waals surface area contributed by atoms with Crippen LogP contribution < -0.4 is 19.5 Å². The highest BCUT2D eigenvalue weighted by Crippen LogP contribution is 2.34. The van der Waals surface area contributed by atoms with E-state index < -0.39 is 16.1 Å². The molecule has 0 aromatic heterocycles. The van der Waals surface area contributed by atoms with Crippen LogP contribution in [0.3, 0.4) is 0 Å². The summed E-state index contributed by atoms with van der Waals surface area (Å²) < 4.78 is 44.1. The molecule has 0 spiro atoms. The van der Waals surface area contributed by atoms with Gasteiger partial charge in [-0.3, -0.25) is 4.72 Å². The average molecular weight is 689 g/mol. The van der Waals surface area contributed by atoms with Crippen molar-refractivity contribution in [3.05, 3.63) is 112 Å². The summed E-state index contributed by atoms with van der Waals surface area (Å²) in [6.07, 6.45) is 0.155. The molecule has 0 heterocycles. The van der Waals surface area contributed by atoms with Gasteiger partial charge in [-0.1, -0.05) is 62.4 Å². The molecule has 49 heavy (non-hydrogen) atoms.